The van der Waals surface area contributed by atoms with Crippen LogP contribution in [0.3, 0.4) is 0 Å². The summed E-state index contributed by atoms with van der Waals surface area (Å²) in [7, 11) is 1.68. The topological polar surface area (TPSA) is 67.3 Å². The van der Waals surface area contributed by atoms with Crippen LogP contribution in [0.1, 0.15) is 23.2 Å². The van der Waals surface area contributed by atoms with E-state index in [2.05, 4.69) is 15.4 Å². The molecular formula is C17H20N4O2. The fourth-order valence-corrected chi connectivity index (χ4v) is 2.73. The summed E-state index contributed by atoms with van der Waals surface area (Å²) >= 11 is 0. The third kappa shape index (κ3) is 3.72. The maximum Gasteiger partial charge on any atom is 0.268 e. The van der Waals surface area contributed by atoms with Gasteiger partial charge in [-0.3, -0.25) is 10.2 Å². The minimum atomic E-state index is -0.187. The predicted octanol–water partition coefficient (Wildman–Crippen LogP) is 1.90. The summed E-state index contributed by atoms with van der Waals surface area (Å²) in [5.41, 5.74) is 4.31. The number of ether oxygens (including phenoxy) is 1. The smallest absolute Gasteiger partial charge is 0.268 e. The average molecular weight is 312 g/mol. The number of rotatable bonds is 5. The highest BCUT2D eigenvalue weighted by Crippen LogP contribution is 2.16. The largest absolute Gasteiger partial charge is 0.383 e. The van der Waals surface area contributed by atoms with E-state index in [9.17, 15) is 4.79 Å². The second kappa shape index (κ2) is 7.30. The Morgan fingerprint density at radius 1 is 1.30 bits per heavy atom. The second-order valence-corrected chi connectivity index (χ2v) is 5.55. The van der Waals surface area contributed by atoms with E-state index in [0.29, 0.717) is 18.0 Å². The van der Waals surface area contributed by atoms with Crippen LogP contribution in [0.2, 0.25) is 0 Å². The molecule has 6 nitrogen and oxygen atoms in total. The molecule has 1 aromatic heterocycles. The molecule has 2 heterocycles. The van der Waals surface area contributed by atoms with E-state index < -0.39 is 0 Å². The van der Waals surface area contributed by atoms with Crippen LogP contribution >= 0.6 is 0 Å². The molecule has 120 valence electrons. The maximum absolute atomic E-state index is 12.3. The predicted molar refractivity (Wildman–Crippen MR) is 86.5 cm³/mol. The zero-order valence-corrected chi connectivity index (χ0v) is 13.1. The molecule has 1 amide bonds. The number of carbonyl (C=O) groups is 1. The first-order chi connectivity index (χ1) is 11.3. The number of hydrogen-bond donors (Lipinski definition) is 1. The molecule has 1 N–H and O–H groups in total. The SMILES string of the molecule is COC[C@H]1CCCN1NC(=O)c1cnc(-c2ccccc2)nc1. The van der Waals surface area contributed by atoms with Crippen LogP contribution in [-0.4, -0.2) is 47.2 Å². The lowest BCUT2D eigenvalue weighted by atomic mass is 10.2. The van der Waals surface area contributed by atoms with Crippen molar-refractivity contribution in [2.45, 2.75) is 18.9 Å². The van der Waals surface area contributed by atoms with Gasteiger partial charge in [0.1, 0.15) is 0 Å². The first-order valence-corrected chi connectivity index (χ1v) is 7.72. The van der Waals surface area contributed by atoms with Gasteiger partial charge in [0.25, 0.3) is 5.91 Å². The van der Waals surface area contributed by atoms with Crippen LogP contribution in [-0.2, 0) is 4.74 Å². The van der Waals surface area contributed by atoms with Crippen molar-refractivity contribution in [2.24, 2.45) is 0 Å². The van der Waals surface area contributed by atoms with Crippen LogP contribution in [0.4, 0.5) is 0 Å². The van der Waals surface area contributed by atoms with Gasteiger partial charge in [-0.05, 0) is 12.8 Å². The first-order valence-electron chi connectivity index (χ1n) is 7.72. The second-order valence-electron chi connectivity index (χ2n) is 5.55. The molecule has 6 heteroatoms. The standard InChI is InChI=1S/C17H20N4O2/c1-23-12-15-8-5-9-21(15)20-17(22)14-10-18-16(19-11-14)13-6-3-2-4-7-13/h2-4,6-7,10-11,15H,5,8-9,12H2,1H3,(H,20,22)/t15-/m1/s1. The summed E-state index contributed by atoms with van der Waals surface area (Å²) < 4.78 is 5.19. The highest BCUT2D eigenvalue weighted by molar-refractivity contribution is 5.93. The van der Waals surface area contributed by atoms with E-state index in [0.717, 1.165) is 24.9 Å². The quantitative estimate of drug-likeness (QED) is 0.913. The van der Waals surface area contributed by atoms with Crippen molar-refractivity contribution in [3.05, 3.63) is 48.3 Å². The normalized spacial score (nSPS) is 18.0. The fourth-order valence-electron chi connectivity index (χ4n) is 2.73. The Labute approximate surface area is 135 Å². The molecule has 0 bridgehead atoms. The van der Waals surface area contributed by atoms with Gasteiger partial charge in [0.05, 0.1) is 18.2 Å². The zero-order valence-electron chi connectivity index (χ0n) is 13.1. The third-order valence-corrected chi connectivity index (χ3v) is 3.93. The van der Waals surface area contributed by atoms with Gasteiger partial charge in [-0.15, -0.1) is 0 Å². The number of nitrogens with one attached hydrogen (secondary N) is 1. The van der Waals surface area contributed by atoms with Gasteiger partial charge in [-0.25, -0.2) is 15.0 Å². The highest BCUT2D eigenvalue weighted by atomic mass is 16.5. The van der Waals surface area contributed by atoms with Gasteiger partial charge < -0.3 is 4.74 Å². The molecule has 0 unspecified atom stereocenters. The van der Waals surface area contributed by atoms with Crippen molar-refractivity contribution in [3.63, 3.8) is 0 Å². The Morgan fingerprint density at radius 3 is 2.74 bits per heavy atom. The number of hydrazine groups is 1. The molecule has 0 radical (unpaired) electrons. The lowest BCUT2D eigenvalue weighted by Gasteiger charge is -2.24. The Bertz CT molecular complexity index is 645. The van der Waals surface area contributed by atoms with Gasteiger partial charge in [-0.2, -0.15) is 0 Å². The van der Waals surface area contributed by atoms with Crippen molar-refractivity contribution in [1.82, 2.24) is 20.4 Å². The Kier molecular flexibility index (Phi) is 4.95. The molecule has 23 heavy (non-hydrogen) atoms. The van der Waals surface area contributed by atoms with E-state index in [4.69, 9.17) is 4.74 Å². The van der Waals surface area contributed by atoms with Crippen molar-refractivity contribution in [2.75, 3.05) is 20.3 Å². The number of amides is 1. The summed E-state index contributed by atoms with van der Waals surface area (Å²) in [5.74, 6) is 0.424. The molecular weight excluding hydrogens is 292 g/mol. The number of methoxy groups -OCH3 is 1. The number of hydrogen-bond acceptors (Lipinski definition) is 5. The van der Waals surface area contributed by atoms with Crippen LogP contribution in [0.25, 0.3) is 11.4 Å². The molecule has 1 fully saturated rings. The van der Waals surface area contributed by atoms with Crippen LogP contribution < -0.4 is 5.43 Å². The monoisotopic (exact) mass is 312 g/mol. The molecule has 1 atom stereocenters. The van der Waals surface area contributed by atoms with Crippen LogP contribution in [0.15, 0.2) is 42.7 Å². The van der Waals surface area contributed by atoms with Gasteiger partial charge in [0.15, 0.2) is 5.82 Å². The summed E-state index contributed by atoms with van der Waals surface area (Å²) in [6.07, 6.45) is 5.20. The van der Waals surface area contributed by atoms with Gasteiger partial charge in [0, 0.05) is 31.6 Å². The zero-order chi connectivity index (χ0) is 16.1. The minimum Gasteiger partial charge on any atom is -0.383 e. The summed E-state index contributed by atoms with van der Waals surface area (Å²) in [4.78, 5) is 20.9. The van der Waals surface area contributed by atoms with E-state index in [1.807, 2.05) is 35.3 Å². The van der Waals surface area contributed by atoms with Crippen molar-refractivity contribution in [3.8, 4) is 11.4 Å². The van der Waals surface area contributed by atoms with E-state index in [1.54, 1.807) is 19.5 Å². The van der Waals surface area contributed by atoms with E-state index in [1.165, 1.54) is 0 Å². The van der Waals surface area contributed by atoms with Gasteiger partial charge in [-0.1, -0.05) is 30.3 Å². The van der Waals surface area contributed by atoms with Crippen LogP contribution in [0, 0.1) is 0 Å². The summed E-state index contributed by atoms with van der Waals surface area (Å²) in [5, 5.41) is 1.94. The molecule has 1 aliphatic heterocycles. The van der Waals surface area contributed by atoms with E-state index in [-0.39, 0.29) is 11.9 Å². The molecule has 1 aromatic carbocycles. The molecule has 1 aliphatic rings. The molecule has 0 saturated carbocycles. The number of aromatic nitrogens is 2. The van der Waals surface area contributed by atoms with Crippen molar-refractivity contribution in [1.29, 1.82) is 0 Å². The van der Waals surface area contributed by atoms with E-state index >= 15 is 0 Å². The molecule has 1 saturated heterocycles. The Hall–Kier alpha value is -2.31. The number of benzene rings is 1. The number of nitrogens with zero attached hydrogens (tertiary/aromatic N) is 3. The van der Waals surface area contributed by atoms with Crippen molar-refractivity contribution >= 4 is 5.91 Å². The summed E-state index contributed by atoms with van der Waals surface area (Å²) in [6.45, 7) is 1.45. The van der Waals surface area contributed by atoms with Gasteiger partial charge in [0.2, 0.25) is 0 Å². The maximum atomic E-state index is 12.3. The third-order valence-electron chi connectivity index (χ3n) is 3.93. The lowest BCUT2D eigenvalue weighted by Crippen LogP contribution is -2.46. The Balaban J connectivity index is 1.66. The lowest BCUT2D eigenvalue weighted by molar-refractivity contribution is 0.0610. The van der Waals surface area contributed by atoms with Gasteiger partial charge >= 0.3 is 0 Å². The summed E-state index contributed by atoms with van der Waals surface area (Å²) in [6, 6.07) is 9.92. The molecule has 0 spiro atoms. The average Bonchev–Trinajstić information content (AvgIpc) is 3.03. The highest BCUT2D eigenvalue weighted by Gasteiger charge is 2.26. The first kappa shape index (κ1) is 15.6. The molecule has 0 aliphatic carbocycles. The Morgan fingerprint density at radius 2 is 2.04 bits per heavy atom. The number of carbonyl (C=O) groups excluding carboxylic acids is 1. The van der Waals surface area contributed by atoms with Crippen LogP contribution in [0.5, 0.6) is 0 Å². The van der Waals surface area contributed by atoms with Crippen molar-refractivity contribution < 1.29 is 9.53 Å². The molecule has 2 aromatic rings. The fraction of sp³-hybridized carbons (Fsp3) is 0.353. The minimum absolute atomic E-state index is 0.187. The molecule has 3 rings (SSSR count).